The van der Waals surface area contributed by atoms with Crippen LogP contribution in [-0.2, 0) is 4.79 Å². The van der Waals surface area contributed by atoms with Crippen molar-refractivity contribution in [2.45, 2.75) is 38.1 Å². The van der Waals surface area contributed by atoms with Crippen molar-refractivity contribution in [3.63, 3.8) is 0 Å². The molecular formula is C15H22N2O. The van der Waals surface area contributed by atoms with Gasteiger partial charge in [-0.15, -0.1) is 0 Å². The van der Waals surface area contributed by atoms with Crippen molar-refractivity contribution in [2.75, 3.05) is 13.1 Å². The van der Waals surface area contributed by atoms with Crippen molar-refractivity contribution in [1.82, 2.24) is 4.90 Å². The highest BCUT2D eigenvalue weighted by Gasteiger charge is 2.31. The zero-order chi connectivity index (χ0) is 13.0. The second-order valence-electron chi connectivity index (χ2n) is 5.04. The molecule has 1 fully saturated rings. The van der Waals surface area contributed by atoms with Crippen LogP contribution >= 0.6 is 0 Å². The van der Waals surface area contributed by atoms with Gasteiger partial charge in [-0.25, -0.2) is 0 Å². The molecule has 2 unspecified atom stereocenters. The Bertz CT molecular complexity index is 391. The first kappa shape index (κ1) is 13.1. The number of likely N-dealkylation sites (tertiary alicyclic amines) is 1. The number of carbonyl (C=O) groups is 1. The number of carbonyl (C=O) groups excluding carboxylic acids is 1. The molecule has 0 saturated carbocycles. The van der Waals surface area contributed by atoms with Gasteiger partial charge in [0, 0.05) is 12.6 Å². The van der Waals surface area contributed by atoms with Crippen LogP contribution in [-0.4, -0.2) is 29.9 Å². The van der Waals surface area contributed by atoms with E-state index in [-0.39, 0.29) is 11.8 Å². The molecule has 0 spiro atoms. The molecule has 1 aliphatic heterocycles. The first-order chi connectivity index (χ1) is 8.74. The standard InChI is InChI=1S/C15H22N2O/c1-12(13-6-3-2-4-7-13)15(18)17-11-5-8-14(17)9-10-16/h2-4,6-7,12,14H,5,8-11,16H2,1H3. The zero-order valence-electron chi connectivity index (χ0n) is 11.0. The lowest BCUT2D eigenvalue weighted by atomic mass is 9.99. The maximum atomic E-state index is 12.5. The highest BCUT2D eigenvalue weighted by molar-refractivity contribution is 5.83. The smallest absolute Gasteiger partial charge is 0.230 e. The SMILES string of the molecule is CC(C(=O)N1CCCC1CCN)c1ccccc1. The van der Waals surface area contributed by atoms with E-state index in [1.54, 1.807) is 0 Å². The fraction of sp³-hybridized carbons (Fsp3) is 0.533. The normalized spacial score (nSPS) is 21.0. The van der Waals surface area contributed by atoms with E-state index in [4.69, 9.17) is 5.73 Å². The summed E-state index contributed by atoms with van der Waals surface area (Å²) >= 11 is 0. The molecule has 1 aromatic rings. The molecule has 1 aromatic carbocycles. The first-order valence-electron chi connectivity index (χ1n) is 6.79. The third kappa shape index (κ3) is 2.72. The Kier molecular flexibility index (Phi) is 4.37. The minimum absolute atomic E-state index is 0.0513. The number of nitrogens with two attached hydrogens (primary N) is 1. The lowest BCUT2D eigenvalue weighted by Gasteiger charge is -2.27. The summed E-state index contributed by atoms with van der Waals surface area (Å²) in [6.07, 6.45) is 3.13. The molecule has 2 N–H and O–H groups in total. The Morgan fingerprint density at radius 1 is 1.44 bits per heavy atom. The van der Waals surface area contributed by atoms with E-state index in [0.29, 0.717) is 12.6 Å². The van der Waals surface area contributed by atoms with Crippen molar-refractivity contribution < 1.29 is 4.79 Å². The highest BCUT2D eigenvalue weighted by atomic mass is 16.2. The summed E-state index contributed by atoms with van der Waals surface area (Å²) in [4.78, 5) is 14.5. The van der Waals surface area contributed by atoms with Crippen LogP contribution in [0.15, 0.2) is 30.3 Å². The first-order valence-corrected chi connectivity index (χ1v) is 6.79. The lowest BCUT2D eigenvalue weighted by Crippen LogP contribution is -2.39. The third-order valence-corrected chi connectivity index (χ3v) is 3.83. The summed E-state index contributed by atoms with van der Waals surface area (Å²) in [5.41, 5.74) is 6.72. The predicted octanol–water partition coefficient (Wildman–Crippen LogP) is 2.13. The van der Waals surface area contributed by atoms with Crippen LogP contribution in [0.25, 0.3) is 0 Å². The monoisotopic (exact) mass is 246 g/mol. The molecule has 1 heterocycles. The fourth-order valence-corrected chi connectivity index (χ4v) is 2.75. The molecule has 1 amide bonds. The van der Waals surface area contributed by atoms with Gasteiger partial charge < -0.3 is 10.6 Å². The van der Waals surface area contributed by atoms with E-state index in [1.165, 1.54) is 0 Å². The second kappa shape index (κ2) is 6.01. The van der Waals surface area contributed by atoms with Crippen molar-refractivity contribution in [2.24, 2.45) is 5.73 Å². The number of hydrogen-bond acceptors (Lipinski definition) is 2. The molecule has 2 rings (SSSR count). The summed E-state index contributed by atoms with van der Waals surface area (Å²) in [7, 11) is 0. The Labute approximate surface area is 109 Å². The van der Waals surface area contributed by atoms with Crippen molar-refractivity contribution in [1.29, 1.82) is 0 Å². The van der Waals surface area contributed by atoms with E-state index >= 15 is 0 Å². The molecule has 0 aliphatic carbocycles. The average Bonchev–Trinajstić information content (AvgIpc) is 2.87. The number of rotatable bonds is 4. The van der Waals surface area contributed by atoms with Gasteiger partial charge in [-0.2, -0.15) is 0 Å². The van der Waals surface area contributed by atoms with Crippen LogP contribution < -0.4 is 5.73 Å². The van der Waals surface area contributed by atoms with Gasteiger partial charge in [0.15, 0.2) is 0 Å². The topological polar surface area (TPSA) is 46.3 Å². The molecule has 1 aliphatic rings. The summed E-state index contributed by atoms with van der Waals surface area (Å²) in [6, 6.07) is 10.4. The molecule has 3 nitrogen and oxygen atoms in total. The predicted molar refractivity (Wildman–Crippen MR) is 73.3 cm³/mol. The van der Waals surface area contributed by atoms with Crippen LogP contribution in [0.5, 0.6) is 0 Å². The quantitative estimate of drug-likeness (QED) is 0.884. The van der Waals surface area contributed by atoms with Gasteiger partial charge in [0.2, 0.25) is 5.91 Å². The van der Waals surface area contributed by atoms with Gasteiger partial charge >= 0.3 is 0 Å². The third-order valence-electron chi connectivity index (χ3n) is 3.83. The molecule has 0 radical (unpaired) electrons. The molecule has 0 bridgehead atoms. The minimum Gasteiger partial charge on any atom is -0.339 e. The van der Waals surface area contributed by atoms with Crippen LogP contribution in [0.3, 0.4) is 0 Å². The molecular weight excluding hydrogens is 224 g/mol. The van der Waals surface area contributed by atoms with Gasteiger partial charge in [0.1, 0.15) is 0 Å². The van der Waals surface area contributed by atoms with E-state index in [0.717, 1.165) is 31.4 Å². The summed E-state index contributed by atoms with van der Waals surface area (Å²) in [5.74, 6) is 0.196. The van der Waals surface area contributed by atoms with E-state index in [1.807, 2.05) is 42.2 Å². The number of amides is 1. The van der Waals surface area contributed by atoms with Gasteiger partial charge in [-0.05, 0) is 38.3 Å². The molecule has 18 heavy (non-hydrogen) atoms. The lowest BCUT2D eigenvalue weighted by molar-refractivity contribution is -0.133. The van der Waals surface area contributed by atoms with Crippen LogP contribution in [0.1, 0.15) is 37.7 Å². The van der Waals surface area contributed by atoms with Crippen molar-refractivity contribution in [3.05, 3.63) is 35.9 Å². The summed E-state index contributed by atoms with van der Waals surface area (Å²) in [5, 5.41) is 0. The Morgan fingerprint density at radius 2 is 2.17 bits per heavy atom. The largest absolute Gasteiger partial charge is 0.339 e. The fourth-order valence-electron chi connectivity index (χ4n) is 2.75. The zero-order valence-corrected chi connectivity index (χ0v) is 11.0. The van der Waals surface area contributed by atoms with Gasteiger partial charge in [0.05, 0.1) is 5.92 Å². The molecule has 1 saturated heterocycles. The number of benzene rings is 1. The Morgan fingerprint density at radius 3 is 2.83 bits per heavy atom. The van der Waals surface area contributed by atoms with Gasteiger partial charge in [-0.3, -0.25) is 4.79 Å². The van der Waals surface area contributed by atoms with Gasteiger partial charge in [0.25, 0.3) is 0 Å². The van der Waals surface area contributed by atoms with E-state index in [2.05, 4.69) is 0 Å². The van der Waals surface area contributed by atoms with E-state index < -0.39 is 0 Å². The van der Waals surface area contributed by atoms with Crippen LogP contribution in [0.2, 0.25) is 0 Å². The van der Waals surface area contributed by atoms with Crippen molar-refractivity contribution in [3.8, 4) is 0 Å². The maximum absolute atomic E-state index is 12.5. The summed E-state index contributed by atoms with van der Waals surface area (Å²) in [6.45, 7) is 3.55. The maximum Gasteiger partial charge on any atom is 0.230 e. The van der Waals surface area contributed by atoms with Crippen LogP contribution in [0.4, 0.5) is 0 Å². The Hall–Kier alpha value is -1.35. The minimum atomic E-state index is -0.0513. The van der Waals surface area contributed by atoms with Crippen molar-refractivity contribution >= 4 is 5.91 Å². The molecule has 98 valence electrons. The highest BCUT2D eigenvalue weighted by Crippen LogP contribution is 2.25. The number of hydrogen-bond donors (Lipinski definition) is 1. The summed E-state index contributed by atoms with van der Waals surface area (Å²) < 4.78 is 0. The van der Waals surface area contributed by atoms with Crippen LogP contribution in [0, 0.1) is 0 Å². The molecule has 2 atom stereocenters. The average molecular weight is 246 g/mol. The second-order valence-corrected chi connectivity index (χ2v) is 5.04. The van der Waals surface area contributed by atoms with E-state index in [9.17, 15) is 4.79 Å². The molecule has 0 aromatic heterocycles. The number of nitrogens with zero attached hydrogens (tertiary/aromatic N) is 1. The van der Waals surface area contributed by atoms with Gasteiger partial charge in [-0.1, -0.05) is 30.3 Å². The molecule has 3 heteroatoms. The Balaban J connectivity index is 2.06.